The average Bonchev–Trinajstić information content (AvgIpc) is 2.32. The van der Waals surface area contributed by atoms with Gasteiger partial charge < -0.3 is 0 Å². The fourth-order valence-corrected chi connectivity index (χ4v) is 2.08. The Bertz CT molecular complexity index is 238. The van der Waals surface area contributed by atoms with E-state index in [9.17, 15) is 0 Å². The van der Waals surface area contributed by atoms with Crippen molar-refractivity contribution in [2.75, 3.05) is 0 Å². The van der Waals surface area contributed by atoms with Crippen molar-refractivity contribution >= 4 is 6.72 Å². The van der Waals surface area contributed by atoms with Gasteiger partial charge in [0.05, 0.1) is 0 Å². The van der Waals surface area contributed by atoms with Gasteiger partial charge in [-0.3, -0.25) is 4.99 Å². The number of allylic oxidation sites excluding steroid dienone is 3. The molecule has 0 heterocycles. The topological polar surface area (TPSA) is 12.4 Å². The number of aliphatic imine (C=N–C) groups is 1. The lowest BCUT2D eigenvalue weighted by Gasteiger charge is -2.18. The van der Waals surface area contributed by atoms with Gasteiger partial charge in [-0.1, -0.05) is 52.7 Å². The van der Waals surface area contributed by atoms with E-state index in [1.54, 1.807) is 0 Å². The van der Waals surface area contributed by atoms with Crippen molar-refractivity contribution in [3.63, 3.8) is 0 Å². The van der Waals surface area contributed by atoms with E-state index in [-0.39, 0.29) is 0 Å². The van der Waals surface area contributed by atoms with Crippen LogP contribution < -0.4 is 0 Å². The lowest BCUT2D eigenvalue weighted by atomic mass is 9.91. The van der Waals surface area contributed by atoms with Crippen LogP contribution in [0.1, 0.15) is 59.3 Å². The zero-order valence-electron chi connectivity index (χ0n) is 11.3. The van der Waals surface area contributed by atoms with Gasteiger partial charge in [-0.2, -0.15) is 0 Å². The molecule has 1 atom stereocenters. The van der Waals surface area contributed by atoms with E-state index in [0.717, 1.165) is 19.3 Å². The van der Waals surface area contributed by atoms with E-state index in [2.05, 4.69) is 39.1 Å². The van der Waals surface area contributed by atoms with Gasteiger partial charge in [0.1, 0.15) is 0 Å². The molecule has 0 rings (SSSR count). The number of unbranched alkanes of at least 4 members (excludes halogenated alkanes) is 1. The highest BCUT2D eigenvalue weighted by Crippen LogP contribution is 2.27. The minimum atomic E-state index is 0.567. The number of hydrogen-bond acceptors (Lipinski definition) is 1. The van der Waals surface area contributed by atoms with Gasteiger partial charge in [0.2, 0.25) is 0 Å². The first-order valence-electron chi connectivity index (χ1n) is 6.57. The van der Waals surface area contributed by atoms with Crippen LogP contribution in [0, 0.1) is 5.92 Å². The maximum Gasteiger partial charge on any atom is 0.0458 e. The van der Waals surface area contributed by atoms with Crippen molar-refractivity contribution in [3.8, 4) is 0 Å². The molecule has 16 heavy (non-hydrogen) atoms. The summed E-state index contributed by atoms with van der Waals surface area (Å²) in [5, 5.41) is 0. The second-order valence-electron chi connectivity index (χ2n) is 4.27. The van der Waals surface area contributed by atoms with Crippen molar-refractivity contribution in [3.05, 3.63) is 23.9 Å². The van der Waals surface area contributed by atoms with Gasteiger partial charge in [0.25, 0.3) is 0 Å². The van der Waals surface area contributed by atoms with E-state index in [1.165, 1.54) is 30.5 Å². The summed E-state index contributed by atoms with van der Waals surface area (Å²) in [7, 11) is 0. The summed E-state index contributed by atoms with van der Waals surface area (Å²) >= 11 is 0. The highest BCUT2D eigenvalue weighted by molar-refractivity contribution is 5.35. The Balaban J connectivity index is 4.86. The number of rotatable bonds is 9. The highest BCUT2D eigenvalue weighted by atomic mass is 14.7. The molecule has 0 aliphatic heterocycles. The SMILES string of the molecule is C=C/C(CCC)=C(\N=C)C(CC)CCCC. The minimum Gasteiger partial charge on any atom is -0.269 e. The summed E-state index contributed by atoms with van der Waals surface area (Å²) in [6.45, 7) is 14.3. The first kappa shape index (κ1) is 15.2. The Labute approximate surface area is 101 Å². The average molecular weight is 221 g/mol. The summed E-state index contributed by atoms with van der Waals surface area (Å²) in [5.74, 6) is 0.567. The van der Waals surface area contributed by atoms with Crippen molar-refractivity contribution < 1.29 is 0 Å². The predicted octanol–water partition coefficient (Wildman–Crippen LogP) is 5.14. The van der Waals surface area contributed by atoms with Crippen LogP contribution >= 0.6 is 0 Å². The van der Waals surface area contributed by atoms with Crippen molar-refractivity contribution in [2.24, 2.45) is 10.9 Å². The van der Waals surface area contributed by atoms with E-state index in [0.29, 0.717) is 5.92 Å². The summed E-state index contributed by atoms with van der Waals surface area (Å²) in [6, 6.07) is 0. The Hall–Kier alpha value is -0.850. The third kappa shape index (κ3) is 4.78. The van der Waals surface area contributed by atoms with Crippen LogP contribution in [-0.4, -0.2) is 6.72 Å². The zero-order valence-corrected chi connectivity index (χ0v) is 11.3. The molecule has 0 bridgehead atoms. The smallest absolute Gasteiger partial charge is 0.0458 e. The lowest BCUT2D eigenvalue weighted by molar-refractivity contribution is 0.507. The van der Waals surface area contributed by atoms with Gasteiger partial charge in [-0.15, -0.1) is 0 Å². The predicted molar refractivity (Wildman–Crippen MR) is 75.0 cm³/mol. The van der Waals surface area contributed by atoms with Crippen molar-refractivity contribution in [2.45, 2.75) is 59.3 Å². The van der Waals surface area contributed by atoms with E-state index >= 15 is 0 Å². The maximum absolute atomic E-state index is 4.26. The monoisotopic (exact) mass is 221 g/mol. The van der Waals surface area contributed by atoms with Gasteiger partial charge in [-0.25, -0.2) is 0 Å². The third-order valence-corrected chi connectivity index (χ3v) is 3.05. The van der Waals surface area contributed by atoms with E-state index < -0.39 is 0 Å². The molecule has 0 saturated heterocycles. The molecule has 0 aromatic heterocycles. The molecular weight excluding hydrogens is 194 g/mol. The van der Waals surface area contributed by atoms with Crippen LogP contribution in [-0.2, 0) is 0 Å². The number of hydrogen-bond donors (Lipinski definition) is 0. The molecule has 1 unspecified atom stereocenters. The Morgan fingerprint density at radius 1 is 1.25 bits per heavy atom. The molecule has 0 aliphatic carbocycles. The van der Waals surface area contributed by atoms with Crippen LogP contribution in [0.15, 0.2) is 28.9 Å². The van der Waals surface area contributed by atoms with Gasteiger partial charge in [0, 0.05) is 11.6 Å². The third-order valence-electron chi connectivity index (χ3n) is 3.05. The van der Waals surface area contributed by atoms with Crippen LogP contribution in [0.4, 0.5) is 0 Å². The molecule has 0 saturated carbocycles. The number of nitrogens with zero attached hydrogens (tertiary/aromatic N) is 1. The fourth-order valence-electron chi connectivity index (χ4n) is 2.08. The van der Waals surface area contributed by atoms with Crippen LogP contribution in [0.2, 0.25) is 0 Å². The Kier molecular flexibility index (Phi) is 8.88. The summed E-state index contributed by atoms with van der Waals surface area (Å²) in [6.07, 6.45) is 9.07. The molecule has 0 radical (unpaired) electrons. The second-order valence-corrected chi connectivity index (χ2v) is 4.27. The molecule has 92 valence electrons. The Morgan fingerprint density at radius 3 is 2.31 bits per heavy atom. The van der Waals surface area contributed by atoms with Gasteiger partial charge >= 0.3 is 0 Å². The minimum absolute atomic E-state index is 0.567. The highest BCUT2D eigenvalue weighted by Gasteiger charge is 2.13. The van der Waals surface area contributed by atoms with E-state index in [4.69, 9.17) is 0 Å². The quantitative estimate of drug-likeness (QED) is 0.377. The maximum atomic E-state index is 4.26. The van der Waals surface area contributed by atoms with Crippen molar-refractivity contribution in [1.29, 1.82) is 0 Å². The molecule has 0 aliphatic rings. The van der Waals surface area contributed by atoms with Crippen LogP contribution in [0.25, 0.3) is 0 Å². The van der Waals surface area contributed by atoms with Crippen molar-refractivity contribution in [1.82, 2.24) is 0 Å². The van der Waals surface area contributed by atoms with E-state index in [1.807, 2.05) is 6.08 Å². The molecule has 1 nitrogen and oxygen atoms in total. The molecule has 0 amide bonds. The fraction of sp³-hybridized carbons (Fsp3) is 0.667. The lowest BCUT2D eigenvalue weighted by Crippen LogP contribution is -2.04. The normalized spacial score (nSPS) is 14.2. The standard InChI is InChI=1S/C15H27N/c1-6-10-12-14(9-4)15(16-5)13(8-3)11-7-2/h8,14H,3,5-7,9-12H2,1-2,4H3/b15-13+. The first-order valence-corrected chi connectivity index (χ1v) is 6.57. The Morgan fingerprint density at radius 2 is 1.94 bits per heavy atom. The molecule has 1 heteroatoms. The second kappa shape index (κ2) is 9.38. The molecule has 0 fully saturated rings. The van der Waals surface area contributed by atoms with Gasteiger partial charge in [0.15, 0.2) is 0 Å². The largest absolute Gasteiger partial charge is 0.269 e. The molecule has 0 aromatic carbocycles. The molecular formula is C15H27N. The molecule has 0 N–H and O–H groups in total. The zero-order chi connectivity index (χ0) is 12.4. The molecule has 0 spiro atoms. The summed E-state index contributed by atoms with van der Waals surface area (Å²) in [4.78, 5) is 4.26. The van der Waals surface area contributed by atoms with Crippen LogP contribution in [0.3, 0.4) is 0 Å². The summed E-state index contributed by atoms with van der Waals surface area (Å²) in [5.41, 5.74) is 2.48. The molecule has 0 aromatic rings. The van der Waals surface area contributed by atoms with Gasteiger partial charge in [-0.05, 0) is 31.6 Å². The first-order chi connectivity index (χ1) is 7.74. The van der Waals surface area contributed by atoms with Crippen LogP contribution in [0.5, 0.6) is 0 Å². The summed E-state index contributed by atoms with van der Waals surface area (Å²) < 4.78 is 0.